The minimum absolute atomic E-state index is 0.287. The van der Waals surface area contributed by atoms with Gasteiger partial charge in [-0.15, -0.1) is 0 Å². The second-order valence-electron chi connectivity index (χ2n) is 5.53. The number of amides is 1. The van der Waals surface area contributed by atoms with Crippen LogP contribution in [0.4, 0.5) is 11.4 Å². The van der Waals surface area contributed by atoms with E-state index in [9.17, 15) is 18.0 Å². The summed E-state index contributed by atoms with van der Waals surface area (Å²) in [6.07, 6.45) is 1.09. The van der Waals surface area contributed by atoms with E-state index < -0.39 is 21.9 Å². The van der Waals surface area contributed by atoms with Crippen molar-refractivity contribution < 1.29 is 22.7 Å². The van der Waals surface area contributed by atoms with Crippen molar-refractivity contribution in [2.45, 2.75) is 6.92 Å². The molecular weight excluding hydrogens is 356 g/mol. The standard InChI is InChI=1S/C18H20N2O5S/c1-4-25-18(22)13-8-10-15(11-9-13)19-17(21)14-6-5-7-16(12-14)20(2)26(3,23)24/h5-12H,4H2,1-3H3,(H,19,21). The summed E-state index contributed by atoms with van der Waals surface area (Å²) in [7, 11) is -2.00. The number of rotatable bonds is 6. The van der Waals surface area contributed by atoms with Gasteiger partial charge in [-0.05, 0) is 49.4 Å². The third kappa shape index (κ3) is 4.82. The number of hydrogen-bond donors (Lipinski definition) is 1. The first-order valence-electron chi connectivity index (χ1n) is 7.85. The number of nitrogens with one attached hydrogen (secondary N) is 1. The smallest absolute Gasteiger partial charge is 0.338 e. The minimum Gasteiger partial charge on any atom is -0.462 e. The predicted molar refractivity (Wildman–Crippen MR) is 100 cm³/mol. The zero-order chi connectivity index (χ0) is 19.3. The number of anilines is 2. The van der Waals surface area contributed by atoms with Crippen molar-refractivity contribution >= 4 is 33.3 Å². The van der Waals surface area contributed by atoms with Crippen molar-refractivity contribution in [2.24, 2.45) is 0 Å². The van der Waals surface area contributed by atoms with Crippen LogP contribution in [0.15, 0.2) is 48.5 Å². The van der Waals surface area contributed by atoms with Gasteiger partial charge in [-0.1, -0.05) is 6.07 Å². The summed E-state index contributed by atoms with van der Waals surface area (Å²) in [4.78, 5) is 24.0. The normalized spacial score (nSPS) is 10.9. The Hall–Kier alpha value is -2.87. The number of carbonyl (C=O) groups is 2. The molecule has 2 rings (SSSR count). The highest BCUT2D eigenvalue weighted by atomic mass is 32.2. The summed E-state index contributed by atoms with van der Waals surface area (Å²) in [5.41, 5.74) is 1.59. The van der Waals surface area contributed by atoms with Gasteiger partial charge < -0.3 is 10.1 Å². The molecule has 0 aromatic heterocycles. The number of carbonyl (C=O) groups excluding carboxylic acids is 2. The minimum atomic E-state index is -3.42. The van der Waals surface area contributed by atoms with Gasteiger partial charge >= 0.3 is 5.97 Å². The van der Waals surface area contributed by atoms with E-state index in [2.05, 4.69) is 5.32 Å². The van der Waals surface area contributed by atoms with Crippen molar-refractivity contribution in [3.05, 3.63) is 59.7 Å². The number of ether oxygens (including phenoxy) is 1. The van der Waals surface area contributed by atoms with E-state index in [1.54, 1.807) is 49.4 Å². The summed E-state index contributed by atoms with van der Waals surface area (Å²) in [6.45, 7) is 2.01. The lowest BCUT2D eigenvalue weighted by Gasteiger charge is -2.17. The Morgan fingerprint density at radius 2 is 1.73 bits per heavy atom. The largest absolute Gasteiger partial charge is 0.462 e. The lowest BCUT2D eigenvalue weighted by atomic mass is 10.1. The maximum Gasteiger partial charge on any atom is 0.338 e. The Balaban J connectivity index is 2.14. The fraction of sp³-hybridized carbons (Fsp3) is 0.222. The topological polar surface area (TPSA) is 92.8 Å². The van der Waals surface area contributed by atoms with Crippen molar-refractivity contribution in [2.75, 3.05) is 29.5 Å². The van der Waals surface area contributed by atoms with Crippen molar-refractivity contribution in [1.82, 2.24) is 0 Å². The number of nitrogens with zero attached hydrogens (tertiary/aromatic N) is 1. The van der Waals surface area contributed by atoms with Crippen LogP contribution >= 0.6 is 0 Å². The monoisotopic (exact) mass is 376 g/mol. The molecule has 0 heterocycles. The molecule has 1 N–H and O–H groups in total. The molecular formula is C18H20N2O5S. The Morgan fingerprint density at radius 1 is 1.08 bits per heavy atom. The van der Waals surface area contributed by atoms with Crippen LogP contribution < -0.4 is 9.62 Å². The van der Waals surface area contributed by atoms with E-state index in [4.69, 9.17) is 4.74 Å². The molecule has 0 bridgehead atoms. The van der Waals surface area contributed by atoms with Gasteiger partial charge in [0.05, 0.1) is 24.1 Å². The van der Waals surface area contributed by atoms with Crippen LogP contribution in [0, 0.1) is 0 Å². The van der Waals surface area contributed by atoms with E-state index in [1.165, 1.54) is 13.1 Å². The van der Waals surface area contributed by atoms with Crippen LogP contribution in [-0.4, -0.2) is 40.2 Å². The summed E-state index contributed by atoms with van der Waals surface area (Å²) >= 11 is 0. The van der Waals surface area contributed by atoms with E-state index >= 15 is 0 Å². The first-order valence-corrected chi connectivity index (χ1v) is 9.69. The maximum atomic E-state index is 12.4. The van der Waals surface area contributed by atoms with Crippen LogP contribution in [0.1, 0.15) is 27.6 Å². The molecule has 0 aliphatic carbocycles. The van der Waals surface area contributed by atoms with Crippen molar-refractivity contribution in [1.29, 1.82) is 0 Å². The average molecular weight is 376 g/mol. The highest BCUT2D eigenvalue weighted by Gasteiger charge is 2.14. The lowest BCUT2D eigenvalue weighted by molar-refractivity contribution is 0.0526. The van der Waals surface area contributed by atoms with E-state index in [0.29, 0.717) is 22.5 Å². The zero-order valence-corrected chi connectivity index (χ0v) is 15.5. The van der Waals surface area contributed by atoms with Crippen LogP contribution in [0.5, 0.6) is 0 Å². The fourth-order valence-corrected chi connectivity index (χ4v) is 2.64. The van der Waals surface area contributed by atoms with Crippen LogP contribution in [0.25, 0.3) is 0 Å². The second kappa shape index (κ2) is 8.01. The maximum absolute atomic E-state index is 12.4. The van der Waals surface area contributed by atoms with E-state index in [1.807, 2.05) is 0 Å². The van der Waals surface area contributed by atoms with Gasteiger partial charge in [0, 0.05) is 18.3 Å². The van der Waals surface area contributed by atoms with E-state index in [0.717, 1.165) is 10.6 Å². The van der Waals surface area contributed by atoms with Crippen LogP contribution in [0.3, 0.4) is 0 Å². The Morgan fingerprint density at radius 3 is 2.31 bits per heavy atom. The van der Waals surface area contributed by atoms with Gasteiger partial charge in [0.1, 0.15) is 0 Å². The lowest BCUT2D eigenvalue weighted by Crippen LogP contribution is -2.25. The molecule has 0 aliphatic heterocycles. The summed E-state index contributed by atoms with van der Waals surface area (Å²) in [5, 5.41) is 2.70. The molecule has 2 aromatic carbocycles. The highest BCUT2D eigenvalue weighted by Crippen LogP contribution is 2.19. The molecule has 1 amide bonds. The second-order valence-corrected chi connectivity index (χ2v) is 7.55. The van der Waals surface area contributed by atoms with Gasteiger partial charge in [0.2, 0.25) is 10.0 Å². The third-order valence-electron chi connectivity index (χ3n) is 3.62. The molecule has 2 aromatic rings. The molecule has 0 aliphatic rings. The van der Waals surface area contributed by atoms with Gasteiger partial charge in [-0.2, -0.15) is 0 Å². The Bertz CT molecular complexity index is 907. The number of benzene rings is 2. The molecule has 0 radical (unpaired) electrons. The SMILES string of the molecule is CCOC(=O)c1ccc(NC(=O)c2cccc(N(C)S(C)(=O)=O)c2)cc1. The summed E-state index contributed by atoms with van der Waals surface area (Å²) in [6, 6.07) is 12.6. The first kappa shape index (κ1) is 19.5. The molecule has 0 fully saturated rings. The third-order valence-corrected chi connectivity index (χ3v) is 4.83. The van der Waals surface area contributed by atoms with Gasteiger partial charge in [0.15, 0.2) is 0 Å². The molecule has 0 spiro atoms. The van der Waals surface area contributed by atoms with Crippen LogP contribution in [-0.2, 0) is 14.8 Å². The Labute approximate surface area is 152 Å². The molecule has 7 nitrogen and oxygen atoms in total. The number of hydrogen-bond acceptors (Lipinski definition) is 5. The van der Waals surface area contributed by atoms with Gasteiger partial charge in [-0.25, -0.2) is 13.2 Å². The number of esters is 1. The molecule has 8 heteroatoms. The Kier molecular flexibility index (Phi) is 5.99. The highest BCUT2D eigenvalue weighted by molar-refractivity contribution is 7.92. The molecule has 0 saturated carbocycles. The molecule has 0 unspecified atom stereocenters. The van der Waals surface area contributed by atoms with Gasteiger partial charge in [0.25, 0.3) is 5.91 Å². The van der Waals surface area contributed by atoms with Crippen molar-refractivity contribution in [3.63, 3.8) is 0 Å². The van der Waals surface area contributed by atoms with E-state index in [-0.39, 0.29) is 6.61 Å². The molecule has 0 atom stereocenters. The fourth-order valence-electron chi connectivity index (χ4n) is 2.14. The average Bonchev–Trinajstić information content (AvgIpc) is 2.61. The molecule has 26 heavy (non-hydrogen) atoms. The predicted octanol–water partition coefficient (Wildman–Crippen LogP) is 2.51. The zero-order valence-electron chi connectivity index (χ0n) is 14.7. The first-order chi connectivity index (χ1) is 12.2. The van der Waals surface area contributed by atoms with Gasteiger partial charge in [-0.3, -0.25) is 9.10 Å². The molecule has 0 saturated heterocycles. The molecule has 138 valence electrons. The van der Waals surface area contributed by atoms with Crippen LogP contribution in [0.2, 0.25) is 0 Å². The van der Waals surface area contributed by atoms with Crippen molar-refractivity contribution in [3.8, 4) is 0 Å². The summed E-state index contributed by atoms with van der Waals surface area (Å²) in [5.74, 6) is -0.820. The number of sulfonamides is 1. The quantitative estimate of drug-likeness (QED) is 0.782. The summed E-state index contributed by atoms with van der Waals surface area (Å²) < 4.78 is 29.2.